The van der Waals surface area contributed by atoms with E-state index in [1.165, 1.54) is 0 Å². The number of aliphatic hydroxyl groups excluding tert-OH is 2. The predicted octanol–water partition coefficient (Wildman–Crippen LogP) is 0.412. The van der Waals surface area contributed by atoms with Crippen LogP contribution in [0.2, 0.25) is 0 Å². The average Bonchev–Trinajstić information content (AvgIpc) is 2.63. The molecule has 1 aliphatic heterocycles. The maximum absolute atomic E-state index is 13.7. The van der Waals surface area contributed by atoms with Gasteiger partial charge in [-0.2, -0.15) is 13.8 Å². The van der Waals surface area contributed by atoms with Crippen molar-refractivity contribution in [3.05, 3.63) is 22.7 Å². The SMILES string of the molecule is N.N.Nc1ccn([C@@H]2O[C@H](CO)[C@@H](O)C2(F)F)c(=O)n1.[Cl][Pt][Cl]. The van der Waals surface area contributed by atoms with Crippen molar-refractivity contribution in [2.24, 2.45) is 0 Å². The number of hydrogen-bond donors (Lipinski definition) is 5. The molecule has 23 heavy (non-hydrogen) atoms. The molecule has 1 aliphatic rings. The van der Waals surface area contributed by atoms with Crippen LogP contribution in [-0.4, -0.2) is 44.5 Å². The molecular formula is C9H17Cl2F2N5O4Pt. The van der Waals surface area contributed by atoms with Crippen LogP contribution in [0.5, 0.6) is 0 Å². The standard InChI is InChI=1S/C9H11F2N3O4.2ClH.2H3N.Pt/c10-9(11)6(16)4(3-15)18-7(9)14-2-1-5(12)13-8(14)17;;;;;/h1-2,4,6-7,15-16H,3H2,(H2,12,13,17);2*1H;2*1H3;/q;;;;;+2/p-2/t4-,6-,7-;;;;;/m1...../s1. The first-order valence-electron chi connectivity index (χ1n) is 5.28. The van der Waals surface area contributed by atoms with Gasteiger partial charge in [-0.25, -0.2) is 4.79 Å². The Bertz CT molecular complexity index is 541. The van der Waals surface area contributed by atoms with Crippen LogP contribution < -0.4 is 23.7 Å². The molecule has 0 unspecified atom stereocenters. The summed E-state index contributed by atoms with van der Waals surface area (Å²) in [5.74, 6) is -3.83. The van der Waals surface area contributed by atoms with E-state index >= 15 is 0 Å². The van der Waals surface area contributed by atoms with Crippen molar-refractivity contribution in [3.8, 4) is 0 Å². The Hall–Kier alpha value is -0.392. The van der Waals surface area contributed by atoms with Crippen LogP contribution in [0.25, 0.3) is 0 Å². The number of rotatable bonds is 2. The second-order valence-electron chi connectivity index (χ2n) is 3.92. The van der Waals surface area contributed by atoms with E-state index < -0.39 is 53.1 Å². The quantitative estimate of drug-likeness (QED) is 0.343. The molecule has 0 amide bonds. The third-order valence-corrected chi connectivity index (χ3v) is 2.66. The summed E-state index contributed by atoms with van der Waals surface area (Å²) >= 11 is -0.472. The molecule has 9 nitrogen and oxygen atoms in total. The van der Waals surface area contributed by atoms with Gasteiger partial charge >= 0.3 is 46.9 Å². The van der Waals surface area contributed by atoms with Crippen molar-refractivity contribution >= 4 is 24.7 Å². The third kappa shape index (κ3) is 5.57. The molecule has 0 aliphatic carbocycles. The topological polar surface area (TPSA) is 181 Å². The van der Waals surface area contributed by atoms with Crippen LogP contribution >= 0.6 is 18.8 Å². The zero-order valence-electron chi connectivity index (χ0n) is 11.5. The number of aromatic nitrogens is 2. The summed E-state index contributed by atoms with van der Waals surface area (Å²) < 4.78 is 32.7. The van der Waals surface area contributed by atoms with Crippen molar-refractivity contribution in [1.82, 2.24) is 21.9 Å². The summed E-state index contributed by atoms with van der Waals surface area (Å²) in [5, 5.41) is 18.1. The number of hydrogen-bond acceptors (Lipinski definition) is 8. The molecule has 1 fully saturated rings. The molecule has 1 aromatic heterocycles. The van der Waals surface area contributed by atoms with E-state index in [0.29, 0.717) is 4.57 Å². The monoisotopic (exact) mass is 562 g/mol. The Morgan fingerprint density at radius 1 is 1.48 bits per heavy atom. The molecule has 10 N–H and O–H groups in total. The van der Waals surface area contributed by atoms with E-state index in [-0.39, 0.29) is 18.1 Å². The number of nitrogens with two attached hydrogens (primary N) is 1. The van der Waals surface area contributed by atoms with E-state index in [1.54, 1.807) is 0 Å². The van der Waals surface area contributed by atoms with Crippen LogP contribution in [0.3, 0.4) is 0 Å². The van der Waals surface area contributed by atoms with E-state index in [0.717, 1.165) is 12.3 Å². The fourth-order valence-electron chi connectivity index (χ4n) is 1.72. The second kappa shape index (κ2) is 10.5. The maximum atomic E-state index is 13.7. The first-order valence-corrected chi connectivity index (χ1v) is 10.9. The molecule has 0 radical (unpaired) electrons. The fraction of sp³-hybridized carbons (Fsp3) is 0.556. The van der Waals surface area contributed by atoms with E-state index in [4.69, 9.17) is 34.4 Å². The third-order valence-electron chi connectivity index (χ3n) is 2.66. The number of nitrogens with zero attached hydrogens (tertiary/aromatic N) is 2. The summed E-state index contributed by atoms with van der Waals surface area (Å²) in [7, 11) is 9.75. The molecule has 14 heteroatoms. The van der Waals surface area contributed by atoms with Crippen LogP contribution in [0.4, 0.5) is 14.6 Å². The number of nitrogen functional groups attached to an aromatic ring is 1. The van der Waals surface area contributed by atoms with Gasteiger partial charge in [-0.05, 0) is 6.07 Å². The zero-order chi connectivity index (χ0) is 16.2. The molecular weight excluding hydrogens is 546 g/mol. The molecule has 0 bridgehead atoms. The Labute approximate surface area is 146 Å². The van der Waals surface area contributed by atoms with Gasteiger partial charge in [-0.15, -0.1) is 0 Å². The van der Waals surface area contributed by atoms with Gasteiger partial charge in [0.15, 0.2) is 6.10 Å². The van der Waals surface area contributed by atoms with Crippen LogP contribution in [0.1, 0.15) is 6.23 Å². The van der Waals surface area contributed by atoms with Crippen molar-refractivity contribution in [1.29, 1.82) is 0 Å². The summed E-state index contributed by atoms with van der Waals surface area (Å²) in [6.07, 6.45) is -4.69. The summed E-state index contributed by atoms with van der Waals surface area (Å²) in [6.45, 7) is -0.787. The van der Waals surface area contributed by atoms with Crippen molar-refractivity contribution in [3.63, 3.8) is 0 Å². The van der Waals surface area contributed by atoms with Gasteiger partial charge in [0.2, 0.25) is 6.23 Å². The number of ether oxygens (including phenoxy) is 1. The van der Waals surface area contributed by atoms with E-state index in [9.17, 15) is 18.7 Å². The first-order chi connectivity index (χ1) is 9.79. The number of anilines is 1. The fourth-order valence-corrected chi connectivity index (χ4v) is 1.72. The summed E-state index contributed by atoms with van der Waals surface area (Å²) in [4.78, 5) is 14.7. The van der Waals surface area contributed by atoms with Crippen molar-refractivity contribution in [2.45, 2.75) is 24.4 Å². The molecule has 0 spiro atoms. The molecule has 2 heterocycles. The molecule has 140 valence electrons. The molecule has 0 aromatic carbocycles. The molecule has 0 saturated carbocycles. The number of alkyl halides is 2. The molecule has 1 saturated heterocycles. The molecule has 1 aromatic rings. The summed E-state index contributed by atoms with van der Waals surface area (Å²) in [5.41, 5.74) is 4.21. The van der Waals surface area contributed by atoms with Crippen LogP contribution in [0, 0.1) is 0 Å². The van der Waals surface area contributed by atoms with E-state index in [2.05, 4.69) is 4.98 Å². The Morgan fingerprint density at radius 2 is 2.00 bits per heavy atom. The van der Waals surface area contributed by atoms with Crippen molar-refractivity contribution < 1.29 is 40.2 Å². The van der Waals surface area contributed by atoms with E-state index in [1.807, 2.05) is 0 Å². The Balaban J connectivity index is 0. The van der Waals surface area contributed by atoms with Gasteiger partial charge in [-0.3, -0.25) is 4.57 Å². The molecule has 2 rings (SSSR count). The normalized spacial score (nSPS) is 24.9. The van der Waals surface area contributed by atoms with Crippen molar-refractivity contribution in [2.75, 3.05) is 12.3 Å². The van der Waals surface area contributed by atoms with Crippen LogP contribution in [-0.2, 0) is 21.2 Å². The van der Waals surface area contributed by atoms with Gasteiger partial charge in [-0.1, -0.05) is 0 Å². The van der Waals surface area contributed by atoms with Gasteiger partial charge in [0.25, 0.3) is 0 Å². The Kier molecular flexibility index (Phi) is 11.3. The van der Waals surface area contributed by atoms with Gasteiger partial charge in [0.1, 0.15) is 11.9 Å². The number of halogens is 4. The first kappa shape index (κ1) is 24.9. The summed E-state index contributed by atoms with van der Waals surface area (Å²) in [6, 6.07) is 1.15. The second-order valence-corrected chi connectivity index (χ2v) is 7.20. The predicted molar refractivity (Wildman–Crippen MR) is 76.6 cm³/mol. The minimum atomic E-state index is -3.71. The van der Waals surface area contributed by atoms with Gasteiger partial charge in [0, 0.05) is 6.20 Å². The van der Waals surface area contributed by atoms with Crippen LogP contribution in [0.15, 0.2) is 17.1 Å². The average molecular weight is 563 g/mol. The number of aliphatic hydroxyl groups is 2. The minimum absolute atomic E-state index is 0. The van der Waals surface area contributed by atoms with Gasteiger partial charge < -0.3 is 33.0 Å². The zero-order valence-corrected chi connectivity index (χ0v) is 15.3. The molecule has 3 atom stereocenters. The van der Waals surface area contributed by atoms with Gasteiger partial charge in [0.05, 0.1) is 6.61 Å². The Morgan fingerprint density at radius 3 is 2.39 bits per heavy atom.